The molecule has 2 fully saturated rings. The van der Waals surface area contributed by atoms with Gasteiger partial charge in [0.15, 0.2) is 12.6 Å². The Balaban J connectivity index is 1.74. The number of carbonyl (C=O) groups is 1. The van der Waals surface area contributed by atoms with Crippen molar-refractivity contribution in [1.82, 2.24) is 0 Å². The predicted octanol–water partition coefficient (Wildman–Crippen LogP) is 3.95. The van der Waals surface area contributed by atoms with Crippen molar-refractivity contribution in [2.75, 3.05) is 33.0 Å². The number of allylic oxidation sites excluding steroid dienone is 2. The van der Waals surface area contributed by atoms with Gasteiger partial charge in [-0.15, -0.1) is 0 Å². The zero-order valence-corrected chi connectivity index (χ0v) is 33.7. The van der Waals surface area contributed by atoms with Crippen LogP contribution in [-0.4, -0.2) is 142 Å². The van der Waals surface area contributed by atoms with E-state index in [0.717, 1.165) is 44.9 Å². The Kier molecular flexibility index (Phi) is 27.9. The summed E-state index contributed by atoms with van der Waals surface area (Å²) in [6.07, 6.45) is 10.8. The van der Waals surface area contributed by atoms with Gasteiger partial charge in [0, 0.05) is 13.0 Å². The molecule has 0 spiro atoms. The highest BCUT2D eigenvalue weighted by molar-refractivity contribution is 5.69. The van der Waals surface area contributed by atoms with E-state index in [0.29, 0.717) is 13.0 Å². The summed E-state index contributed by atoms with van der Waals surface area (Å²) >= 11 is 0. The fraction of sp³-hybridized carbons (Fsp3) is 0.927. The van der Waals surface area contributed by atoms with Crippen LogP contribution in [0.25, 0.3) is 0 Å². The van der Waals surface area contributed by atoms with E-state index >= 15 is 0 Å². The van der Waals surface area contributed by atoms with Crippen molar-refractivity contribution in [3.63, 3.8) is 0 Å². The topological polar surface area (TPSA) is 214 Å². The third-order valence-electron chi connectivity index (χ3n) is 10.3. The minimum absolute atomic E-state index is 0.0591. The van der Waals surface area contributed by atoms with Crippen LogP contribution in [0, 0.1) is 0 Å². The Morgan fingerprint density at radius 1 is 0.582 bits per heavy atom. The van der Waals surface area contributed by atoms with Crippen molar-refractivity contribution in [2.24, 2.45) is 0 Å². The molecule has 2 saturated heterocycles. The molecule has 0 amide bonds. The number of aliphatic hydroxyl groups is 7. The number of carbonyl (C=O) groups excluding carboxylic acids is 1. The number of esters is 1. The minimum atomic E-state index is -1.70. The standard InChI is InChI=1S/C41H76O14/c1-3-5-7-9-10-11-12-13-14-15-16-17-18-19-20-21-23-25-50-27-30(53-33(43)24-22-8-6-4-2)28-51-40-39(49)37(47)35(45)32(55-40)29-52-41-38(48)36(46)34(44)31(26-42)54-41/h14-15,30-32,34-42,44-49H,3-13,16-29H2,1-2H3/b15-14-. The molecule has 7 N–H and O–H groups in total. The van der Waals surface area contributed by atoms with Crippen LogP contribution >= 0.6 is 0 Å². The second-order valence-corrected chi connectivity index (χ2v) is 15.2. The Morgan fingerprint density at radius 3 is 1.65 bits per heavy atom. The minimum Gasteiger partial charge on any atom is -0.457 e. The lowest BCUT2D eigenvalue weighted by Gasteiger charge is -2.42. The van der Waals surface area contributed by atoms with Crippen LogP contribution in [0.15, 0.2) is 12.2 Å². The largest absolute Gasteiger partial charge is 0.457 e. The quantitative estimate of drug-likeness (QED) is 0.0292. The molecule has 2 aliphatic heterocycles. The van der Waals surface area contributed by atoms with Crippen LogP contribution in [0.1, 0.15) is 142 Å². The summed E-state index contributed by atoms with van der Waals surface area (Å²) in [5, 5.41) is 71.5. The van der Waals surface area contributed by atoms with Gasteiger partial charge in [0.25, 0.3) is 0 Å². The highest BCUT2D eigenvalue weighted by Crippen LogP contribution is 2.26. The van der Waals surface area contributed by atoms with Crippen molar-refractivity contribution in [3.8, 4) is 0 Å². The number of aliphatic hydroxyl groups excluding tert-OH is 7. The van der Waals surface area contributed by atoms with Crippen molar-refractivity contribution >= 4 is 5.97 Å². The summed E-state index contributed by atoms with van der Waals surface area (Å²) in [5.41, 5.74) is 0. The second-order valence-electron chi connectivity index (χ2n) is 15.2. The van der Waals surface area contributed by atoms with Crippen LogP contribution < -0.4 is 0 Å². The first kappa shape index (κ1) is 49.9. The monoisotopic (exact) mass is 793 g/mol. The van der Waals surface area contributed by atoms with Gasteiger partial charge in [-0.3, -0.25) is 4.79 Å². The van der Waals surface area contributed by atoms with Gasteiger partial charge >= 0.3 is 5.97 Å². The van der Waals surface area contributed by atoms with E-state index in [-0.39, 0.29) is 19.6 Å². The molecular weight excluding hydrogens is 716 g/mol. The lowest BCUT2D eigenvalue weighted by Crippen LogP contribution is -2.61. The van der Waals surface area contributed by atoms with Crippen molar-refractivity contribution in [1.29, 1.82) is 0 Å². The molecular formula is C41H76O14. The molecule has 11 unspecified atom stereocenters. The van der Waals surface area contributed by atoms with Gasteiger partial charge < -0.3 is 64.2 Å². The molecule has 324 valence electrons. The van der Waals surface area contributed by atoms with Gasteiger partial charge in [0.1, 0.15) is 54.9 Å². The fourth-order valence-corrected chi connectivity index (χ4v) is 6.69. The first-order valence-electron chi connectivity index (χ1n) is 21.3. The molecule has 11 atom stereocenters. The number of hydrogen-bond donors (Lipinski definition) is 7. The first-order chi connectivity index (χ1) is 26.6. The summed E-state index contributed by atoms with van der Waals surface area (Å²) in [5.74, 6) is -0.396. The third kappa shape index (κ3) is 20.3. The SMILES string of the molecule is CCCCCCCCC/C=C\CCCCCCCCOCC(COC1OC(COC2OC(CO)C(O)C(O)C2O)C(O)C(O)C1O)OC(=O)CCCCCC. The molecule has 0 saturated carbocycles. The maximum Gasteiger partial charge on any atom is 0.306 e. The summed E-state index contributed by atoms with van der Waals surface area (Å²) in [6, 6.07) is 0. The number of ether oxygens (including phenoxy) is 6. The van der Waals surface area contributed by atoms with E-state index in [1.165, 1.54) is 70.6 Å². The van der Waals surface area contributed by atoms with Crippen molar-refractivity contribution < 1.29 is 69.0 Å². The van der Waals surface area contributed by atoms with Gasteiger partial charge in [-0.05, 0) is 38.5 Å². The lowest BCUT2D eigenvalue weighted by atomic mass is 9.98. The average molecular weight is 793 g/mol. The van der Waals surface area contributed by atoms with Gasteiger partial charge in [-0.25, -0.2) is 0 Å². The molecule has 0 radical (unpaired) electrons. The number of unbranched alkanes of at least 4 members (excludes halogenated alkanes) is 16. The third-order valence-corrected chi connectivity index (χ3v) is 10.3. The van der Waals surface area contributed by atoms with E-state index in [1.807, 2.05) is 0 Å². The van der Waals surface area contributed by atoms with Crippen molar-refractivity contribution in [2.45, 2.75) is 210 Å². The van der Waals surface area contributed by atoms with Crippen LogP contribution in [0.3, 0.4) is 0 Å². The first-order valence-corrected chi connectivity index (χ1v) is 21.3. The fourth-order valence-electron chi connectivity index (χ4n) is 6.69. The average Bonchev–Trinajstić information content (AvgIpc) is 3.18. The zero-order chi connectivity index (χ0) is 40.3. The highest BCUT2D eigenvalue weighted by atomic mass is 16.7. The molecule has 14 nitrogen and oxygen atoms in total. The van der Waals surface area contributed by atoms with Gasteiger partial charge in [0.05, 0.1) is 26.4 Å². The second kappa shape index (κ2) is 30.8. The predicted molar refractivity (Wildman–Crippen MR) is 206 cm³/mol. The highest BCUT2D eigenvalue weighted by Gasteiger charge is 2.47. The molecule has 2 rings (SSSR count). The van der Waals surface area contributed by atoms with Crippen LogP contribution in [0.5, 0.6) is 0 Å². The summed E-state index contributed by atoms with van der Waals surface area (Å²) in [6.45, 7) is 3.52. The number of hydrogen-bond acceptors (Lipinski definition) is 14. The van der Waals surface area contributed by atoms with E-state index in [1.54, 1.807) is 0 Å². The Hall–Kier alpha value is -1.27. The summed E-state index contributed by atoms with van der Waals surface area (Å²) in [4.78, 5) is 12.6. The molecule has 0 aromatic carbocycles. The van der Waals surface area contributed by atoms with Gasteiger partial charge in [0.2, 0.25) is 0 Å². The van der Waals surface area contributed by atoms with E-state index in [9.17, 15) is 40.5 Å². The Bertz CT molecular complexity index is 969. The normalized spacial score (nSPS) is 29.2. The smallest absolute Gasteiger partial charge is 0.306 e. The molecule has 2 aliphatic rings. The van der Waals surface area contributed by atoms with Crippen molar-refractivity contribution in [3.05, 3.63) is 12.2 Å². The maximum atomic E-state index is 12.6. The molecule has 2 heterocycles. The summed E-state index contributed by atoms with van der Waals surface area (Å²) in [7, 11) is 0. The molecule has 0 aliphatic carbocycles. The Labute approximate surface area is 329 Å². The van der Waals surface area contributed by atoms with E-state index in [4.69, 9.17) is 28.4 Å². The molecule has 0 bridgehead atoms. The molecule has 14 heteroatoms. The van der Waals surface area contributed by atoms with E-state index in [2.05, 4.69) is 26.0 Å². The Morgan fingerprint density at radius 2 is 1.07 bits per heavy atom. The maximum absolute atomic E-state index is 12.6. The molecule has 0 aromatic rings. The van der Waals surface area contributed by atoms with Crippen LogP contribution in [0.4, 0.5) is 0 Å². The van der Waals surface area contributed by atoms with Crippen LogP contribution in [-0.2, 0) is 33.2 Å². The van der Waals surface area contributed by atoms with Gasteiger partial charge in [-0.1, -0.05) is 109 Å². The zero-order valence-electron chi connectivity index (χ0n) is 33.7. The lowest BCUT2D eigenvalue weighted by molar-refractivity contribution is -0.332. The van der Waals surface area contributed by atoms with Gasteiger partial charge in [-0.2, -0.15) is 0 Å². The van der Waals surface area contributed by atoms with E-state index < -0.39 is 86.7 Å². The number of rotatable bonds is 32. The molecule has 0 aromatic heterocycles. The summed E-state index contributed by atoms with van der Waals surface area (Å²) < 4.78 is 33.8. The molecule has 55 heavy (non-hydrogen) atoms. The van der Waals surface area contributed by atoms with Crippen LogP contribution in [0.2, 0.25) is 0 Å².